The predicted molar refractivity (Wildman–Crippen MR) is 42.5 cm³/mol. The monoisotopic (exact) mass is 156 g/mol. The molecule has 0 unspecified atom stereocenters. The van der Waals surface area contributed by atoms with Crippen molar-refractivity contribution in [3.05, 3.63) is 0 Å². The molecule has 2 rings (SSSR count). The van der Waals surface area contributed by atoms with Gasteiger partial charge in [0, 0.05) is 6.61 Å². The van der Waals surface area contributed by atoms with Crippen LogP contribution in [0, 0.1) is 5.92 Å². The molecule has 0 spiro atoms. The molecular weight excluding hydrogens is 140 g/mol. The molecule has 2 saturated heterocycles. The summed E-state index contributed by atoms with van der Waals surface area (Å²) in [6, 6.07) is 0. The Labute approximate surface area is 67.9 Å². The van der Waals surface area contributed by atoms with E-state index in [2.05, 4.69) is 13.8 Å². The summed E-state index contributed by atoms with van der Waals surface area (Å²) in [4.78, 5) is 0. The minimum atomic E-state index is 0.405. The summed E-state index contributed by atoms with van der Waals surface area (Å²) in [7, 11) is 0. The fourth-order valence-electron chi connectivity index (χ4n) is 1.95. The molecule has 0 aromatic heterocycles. The van der Waals surface area contributed by atoms with E-state index in [4.69, 9.17) is 9.47 Å². The highest BCUT2D eigenvalue weighted by Gasteiger charge is 2.46. The van der Waals surface area contributed by atoms with Crippen molar-refractivity contribution in [3.8, 4) is 0 Å². The van der Waals surface area contributed by atoms with Gasteiger partial charge in [-0.15, -0.1) is 0 Å². The van der Waals surface area contributed by atoms with Crippen molar-refractivity contribution in [1.82, 2.24) is 0 Å². The van der Waals surface area contributed by atoms with Crippen LogP contribution in [0.3, 0.4) is 0 Å². The van der Waals surface area contributed by atoms with Crippen LogP contribution in [0.15, 0.2) is 0 Å². The summed E-state index contributed by atoms with van der Waals surface area (Å²) in [5.41, 5.74) is 0. The van der Waals surface area contributed by atoms with Crippen LogP contribution in [-0.2, 0) is 9.47 Å². The van der Waals surface area contributed by atoms with E-state index in [0.717, 1.165) is 25.4 Å². The molecule has 2 heteroatoms. The van der Waals surface area contributed by atoms with Crippen LogP contribution in [0.2, 0.25) is 0 Å². The molecule has 3 atom stereocenters. The number of hydrogen-bond donors (Lipinski definition) is 0. The molecule has 2 aliphatic heterocycles. The minimum Gasteiger partial charge on any atom is -0.373 e. The predicted octanol–water partition coefficient (Wildman–Crippen LogP) is 1.59. The molecule has 0 amide bonds. The largest absolute Gasteiger partial charge is 0.373 e. The summed E-state index contributed by atoms with van der Waals surface area (Å²) in [5, 5.41) is 0. The highest BCUT2D eigenvalue weighted by atomic mass is 16.6. The third-order valence-corrected chi connectivity index (χ3v) is 2.50. The van der Waals surface area contributed by atoms with Crippen LogP contribution in [0.25, 0.3) is 0 Å². The standard InChI is InChI=1S/C9H16O2/c1-6(2)5-8-9-7(11-8)3-4-10-9/h6-9H,3-5H2,1-2H3/t7-,8-,9+/m1/s1. The van der Waals surface area contributed by atoms with Crippen LogP contribution < -0.4 is 0 Å². The van der Waals surface area contributed by atoms with Crippen molar-refractivity contribution in [2.24, 2.45) is 5.92 Å². The normalized spacial score (nSPS) is 42.3. The van der Waals surface area contributed by atoms with E-state index in [1.165, 1.54) is 0 Å². The third-order valence-electron chi connectivity index (χ3n) is 2.50. The Bertz CT molecular complexity index is 144. The minimum absolute atomic E-state index is 0.405. The van der Waals surface area contributed by atoms with E-state index in [1.807, 2.05) is 0 Å². The number of rotatable bonds is 2. The first-order valence-corrected chi connectivity index (χ1v) is 4.54. The molecule has 2 heterocycles. The summed E-state index contributed by atoms with van der Waals surface area (Å²) >= 11 is 0. The fourth-order valence-corrected chi connectivity index (χ4v) is 1.95. The van der Waals surface area contributed by atoms with Gasteiger partial charge < -0.3 is 9.47 Å². The molecule has 2 aliphatic rings. The zero-order chi connectivity index (χ0) is 7.84. The molecule has 0 aromatic rings. The Morgan fingerprint density at radius 2 is 2.27 bits per heavy atom. The summed E-state index contributed by atoms with van der Waals surface area (Å²) in [6.45, 7) is 5.36. The van der Waals surface area contributed by atoms with Crippen molar-refractivity contribution >= 4 is 0 Å². The SMILES string of the molecule is CC(C)C[C@H]1O[C@@H]2CCO[C@@H]21. The van der Waals surface area contributed by atoms with E-state index in [0.29, 0.717) is 18.3 Å². The zero-order valence-electron chi connectivity index (χ0n) is 7.25. The number of ether oxygens (including phenoxy) is 2. The van der Waals surface area contributed by atoms with Gasteiger partial charge in [0.1, 0.15) is 6.10 Å². The highest BCUT2D eigenvalue weighted by molar-refractivity contribution is 4.93. The maximum Gasteiger partial charge on any atom is 0.110 e. The average Bonchev–Trinajstić information content (AvgIpc) is 2.26. The average molecular weight is 156 g/mol. The van der Waals surface area contributed by atoms with Gasteiger partial charge in [-0.05, 0) is 18.8 Å². The van der Waals surface area contributed by atoms with Crippen molar-refractivity contribution in [2.75, 3.05) is 6.61 Å². The Balaban J connectivity index is 1.81. The van der Waals surface area contributed by atoms with E-state index in [-0.39, 0.29) is 0 Å². The van der Waals surface area contributed by atoms with Crippen LogP contribution in [0.5, 0.6) is 0 Å². The van der Waals surface area contributed by atoms with Crippen molar-refractivity contribution in [1.29, 1.82) is 0 Å². The van der Waals surface area contributed by atoms with Crippen molar-refractivity contribution in [2.45, 2.75) is 45.0 Å². The van der Waals surface area contributed by atoms with Gasteiger partial charge in [0.25, 0.3) is 0 Å². The topological polar surface area (TPSA) is 18.5 Å². The molecule has 64 valence electrons. The van der Waals surface area contributed by atoms with Crippen molar-refractivity contribution in [3.63, 3.8) is 0 Å². The van der Waals surface area contributed by atoms with Gasteiger partial charge in [-0.1, -0.05) is 13.8 Å². The van der Waals surface area contributed by atoms with Gasteiger partial charge in [-0.25, -0.2) is 0 Å². The van der Waals surface area contributed by atoms with E-state index in [1.54, 1.807) is 0 Å². The number of hydrogen-bond acceptors (Lipinski definition) is 2. The number of fused-ring (bicyclic) bond motifs is 1. The quantitative estimate of drug-likeness (QED) is 0.604. The van der Waals surface area contributed by atoms with E-state index >= 15 is 0 Å². The van der Waals surface area contributed by atoms with Crippen LogP contribution in [0.4, 0.5) is 0 Å². The first kappa shape index (κ1) is 7.56. The molecule has 2 nitrogen and oxygen atoms in total. The zero-order valence-corrected chi connectivity index (χ0v) is 7.25. The van der Waals surface area contributed by atoms with Crippen LogP contribution in [-0.4, -0.2) is 24.9 Å². The Hall–Kier alpha value is -0.0800. The molecule has 0 N–H and O–H groups in total. The lowest BCUT2D eigenvalue weighted by Gasteiger charge is -2.40. The van der Waals surface area contributed by atoms with Crippen molar-refractivity contribution < 1.29 is 9.47 Å². The molecule has 2 fully saturated rings. The summed E-state index contributed by atoms with van der Waals surface area (Å²) < 4.78 is 11.2. The second kappa shape index (κ2) is 2.76. The van der Waals surface area contributed by atoms with Gasteiger partial charge in [-0.3, -0.25) is 0 Å². The molecule has 0 radical (unpaired) electrons. The van der Waals surface area contributed by atoms with E-state index < -0.39 is 0 Å². The van der Waals surface area contributed by atoms with Gasteiger partial charge in [0.05, 0.1) is 12.2 Å². The molecule has 11 heavy (non-hydrogen) atoms. The summed E-state index contributed by atoms with van der Waals surface area (Å²) in [6.07, 6.45) is 3.55. The second-order valence-corrected chi connectivity index (χ2v) is 3.97. The van der Waals surface area contributed by atoms with Gasteiger partial charge in [0.2, 0.25) is 0 Å². The molecule has 0 aromatic carbocycles. The maximum absolute atomic E-state index is 5.65. The highest BCUT2D eigenvalue weighted by Crippen LogP contribution is 2.35. The molecule has 0 aliphatic carbocycles. The first-order valence-electron chi connectivity index (χ1n) is 4.54. The Morgan fingerprint density at radius 1 is 1.45 bits per heavy atom. The second-order valence-electron chi connectivity index (χ2n) is 3.97. The maximum atomic E-state index is 5.65. The smallest absolute Gasteiger partial charge is 0.110 e. The third kappa shape index (κ3) is 1.30. The Morgan fingerprint density at radius 3 is 2.91 bits per heavy atom. The van der Waals surface area contributed by atoms with Gasteiger partial charge >= 0.3 is 0 Å². The lowest BCUT2D eigenvalue weighted by molar-refractivity contribution is -0.203. The molecule has 0 saturated carbocycles. The molecule has 0 bridgehead atoms. The van der Waals surface area contributed by atoms with E-state index in [9.17, 15) is 0 Å². The first-order chi connectivity index (χ1) is 5.27. The van der Waals surface area contributed by atoms with Gasteiger partial charge in [-0.2, -0.15) is 0 Å². The lowest BCUT2D eigenvalue weighted by Crippen LogP contribution is -2.51. The fraction of sp³-hybridized carbons (Fsp3) is 1.00. The lowest BCUT2D eigenvalue weighted by atomic mass is 9.93. The molecular formula is C9H16O2. The Kier molecular flexibility index (Phi) is 1.90. The summed E-state index contributed by atoms with van der Waals surface area (Å²) in [5.74, 6) is 0.727. The van der Waals surface area contributed by atoms with Gasteiger partial charge in [0.15, 0.2) is 0 Å². The van der Waals surface area contributed by atoms with Crippen LogP contribution >= 0.6 is 0 Å². The van der Waals surface area contributed by atoms with Crippen LogP contribution in [0.1, 0.15) is 26.7 Å².